The molecule has 1 aromatic carbocycles. The van der Waals surface area contributed by atoms with Crippen molar-refractivity contribution in [1.29, 1.82) is 0 Å². The number of nitrogens with one attached hydrogen (secondary N) is 1. The summed E-state index contributed by atoms with van der Waals surface area (Å²) in [4.78, 5) is 0. The number of benzene rings is 1. The lowest BCUT2D eigenvalue weighted by Crippen LogP contribution is -2.45. The van der Waals surface area contributed by atoms with Gasteiger partial charge in [-0.05, 0) is 69.4 Å². The normalized spacial score (nSPS) is 16.4. The Labute approximate surface area is 186 Å². The Morgan fingerprint density at radius 2 is 1.76 bits per heavy atom. The summed E-state index contributed by atoms with van der Waals surface area (Å²) in [6, 6.07) is 5.83. The van der Waals surface area contributed by atoms with Crippen molar-refractivity contribution >= 4 is 30.9 Å². The highest BCUT2D eigenvalue weighted by atomic mass is 35.5. The van der Waals surface area contributed by atoms with Crippen molar-refractivity contribution in [3.8, 4) is 5.75 Å². The van der Waals surface area contributed by atoms with Gasteiger partial charge in [0.1, 0.15) is 5.75 Å². The van der Waals surface area contributed by atoms with Crippen LogP contribution in [-0.4, -0.2) is 36.4 Å². The van der Waals surface area contributed by atoms with Gasteiger partial charge in [-0.1, -0.05) is 32.9 Å². The molecule has 0 saturated heterocycles. The number of methoxy groups -OCH3 is 1. The van der Waals surface area contributed by atoms with Crippen LogP contribution in [0.3, 0.4) is 0 Å². The van der Waals surface area contributed by atoms with Crippen LogP contribution in [0, 0.1) is 6.92 Å². The van der Waals surface area contributed by atoms with Crippen LogP contribution < -0.4 is 9.46 Å². The van der Waals surface area contributed by atoms with Gasteiger partial charge >= 0.3 is 0 Å². The number of hydrogen-bond donors (Lipinski definition) is 1. The molecular weight excluding hydrogens is 422 g/mol. The van der Waals surface area contributed by atoms with Crippen LogP contribution in [0.2, 0.25) is 18.1 Å². The van der Waals surface area contributed by atoms with Gasteiger partial charge in [-0.15, -0.1) is 11.6 Å². The van der Waals surface area contributed by atoms with E-state index < -0.39 is 19.3 Å². The summed E-state index contributed by atoms with van der Waals surface area (Å²) < 4.78 is 28.0. The van der Waals surface area contributed by atoms with Gasteiger partial charge in [0, 0.05) is 11.9 Å². The molecule has 0 aromatic heterocycles. The number of halogens is 1. The van der Waals surface area contributed by atoms with Gasteiger partial charge in [0.05, 0.1) is 28.9 Å². The highest BCUT2D eigenvalue weighted by Crippen LogP contribution is 2.39. The van der Waals surface area contributed by atoms with Crippen LogP contribution in [-0.2, 0) is 15.4 Å². The van der Waals surface area contributed by atoms with Crippen LogP contribution >= 0.6 is 11.6 Å². The Morgan fingerprint density at radius 1 is 1.17 bits per heavy atom. The molecule has 0 unspecified atom stereocenters. The van der Waals surface area contributed by atoms with E-state index in [1.54, 1.807) is 7.11 Å². The van der Waals surface area contributed by atoms with E-state index in [1.807, 2.05) is 39.8 Å². The van der Waals surface area contributed by atoms with E-state index in [4.69, 9.17) is 20.8 Å². The molecule has 0 fully saturated rings. The minimum absolute atomic E-state index is 0.0976. The second kappa shape index (κ2) is 10.3. The summed E-state index contributed by atoms with van der Waals surface area (Å²) in [6.07, 6.45) is 0.517. The van der Waals surface area contributed by atoms with Crippen molar-refractivity contribution in [1.82, 2.24) is 4.72 Å². The third-order valence-corrected chi connectivity index (χ3v) is 12.2. The molecule has 0 amide bonds. The van der Waals surface area contributed by atoms with Crippen molar-refractivity contribution in [2.45, 2.75) is 89.9 Å². The molecule has 0 aliphatic carbocycles. The maximum absolute atomic E-state index is 12.9. The Bertz CT molecular complexity index is 698. The summed E-state index contributed by atoms with van der Waals surface area (Å²) in [7, 11) is -1.53. The summed E-state index contributed by atoms with van der Waals surface area (Å²) in [5.74, 6) is 1.22. The van der Waals surface area contributed by atoms with Gasteiger partial charge in [0.25, 0.3) is 0 Å². The molecule has 4 nitrogen and oxygen atoms in total. The molecule has 0 aliphatic heterocycles. The van der Waals surface area contributed by atoms with Gasteiger partial charge in [0.15, 0.2) is 8.32 Å². The molecule has 0 heterocycles. The molecule has 0 radical (unpaired) electrons. The largest absolute Gasteiger partial charge is 0.496 e. The molecule has 3 atom stereocenters. The first-order valence-corrected chi connectivity index (χ1v) is 14.8. The lowest BCUT2D eigenvalue weighted by atomic mass is 9.97. The molecule has 0 saturated carbocycles. The maximum atomic E-state index is 12.9. The lowest BCUT2D eigenvalue weighted by molar-refractivity contribution is 0.180. The van der Waals surface area contributed by atoms with Crippen molar-refractivity contribution < 1.29 is 13.4 Å². The highest BCUT2D eigenvalue weighted by Gasteiger charge is 2.39. The molecule has 0 aliphatic rings. The molecule has 1 aromatic rings. The third-order valence-electron chi connectivity index (χ3n) is 5.66. The second-order valence-corrected chi connectivity index (χ2v) is 17.2. The molecule has 7 heteroatoms. The van der Waals surface area contributed by atoms with E-state index in [1.165, 1.54) is 0 Å². The van der Waals surface area contributed by atoms with Crippen molar-refractivity contribution in [2.75, 3.05) is 13.0 Å². The first kappa shape index (κ1) is 26.6. The summed E-state index contributed by atoms with van der Waals surface area (Å²) in [6.45, 7) is 19.1. The molecule has 1 rings (SSSR count). The highest BCUT2D eigenvalue weighted by molar-refractivity contribution is 7.84. The fraction of sp³-hybridized carbons (Fsp3) is 0.727. The number of alkyl halides is 1. The Kier molecular flexibility index (Phi) is 9.43. The van der Waals surface area contributed by atoms with Gasteiger partial charge in [-0.3, -0.25) is 0 Å². The molecule has 0 spiro atoms. The minimum atomic E-state index is -1.98. The van der Waals surface area contributed by atoms with E-state index in [9.17, 15) is 4.21 Å². The zero-order chi connectivity index (χ0) is 22.6. The van der Waals surface area contributed by atoms with Gasteiger partial charge in [0.2, 0.25) is 0 Å². The Balaban J connectivity index is 3.25. The maximum Gasteiger partial charge on any atom is 0.192 e. The van der Waals surface area contributed by atoms with Crippen LogP contribution in [0.4, 0.5) is 0 Å². The summed E-state index contributed by atoms with van der Waals surface area (Å²) >= 11 is 6.35. The molecular formula is C22H40ClNO3SSi. The Hall–Kier alpha value is -0.403. The van der Waals surface area contributed by atoms with Crippen LogP contribution in [0.25, 0.3) is 0 Å². The van der Waals surface area contributed by atoms with E-state index in [0.717, 1.165) is 16.9 Å². The zero-order valence-corrected chi connectivity index (χ0v) is 22.4. The number of hydrogen-bond acceptors (Lipinski definition) is 3. The number of rotatable bonds is 9. The van der Waals surface area contributed by atoms with Crippen LogP contribution in [0.1, 0.15) is 65.1 Å². The van der Waals surface area contributed by atoms with Crippen molar-refractivity contribution in [3.05, 3.63) is 29.3 Å². The molecule has 0 bridgehead atoms. The fourth-order valence-corrected chi connectivity index (χ4v) is 5.27. The monoisotopic (exact) mass is 461 g/mol. The first-order valence-electron chi connectivity index (χ1n) is 10.2. The quantitative estimate of drug-likeness (QED) is 0.356. The fourth-order valence-electron chi connectivity index (χ4n) is 2.77. The average Bonchev–Trinajstić information content (AvgIpc) is 2.58. The minimum Gasteiger partial charge on any atom is -0.496 e. The average molecular weight is 462 g/mol. The van der Waals surface area contributed by atoms with E-state index in [0.29, 0.717) is 12.3 Å². The first-order chi connectivity index (χ1) is 13.1. The summed E-state index contributed by atoms with van der Waals surface area (Å²) in [5.41, 5.74) is 2.11. The molecule has 168 valence electrons. The summed E-state index contributed by atoms with van der Waals surface area (Å²) in [5, 5.41) is 0.0976. The smallest absolute Gasteiger partial charge is 0.192 e. The predicted octanol–water partition coefficient (Wildman–Crippen LogP) is 6.12. The van der Waals surface area contributed by atoms with E-state index in [-0.39, 0.29) is 21.9 Å². The number of ether oxygens (including phenoxy) is 1. The SMILES string of the molecule is COc1cccc([C@H](C[C@H](CCl)O[Si](C)(C)C(C)(C)C)N[S@@](=O)C(C)(C)C)c1C. The standard InChI is InChI=1S/C22H40ClNO3SSi/c1-16-18(12-11-13-20(16)26-8)19(24-28(25)21(2,3)4)14-17(15-23)27-29(9,10)22(5,6)7/h11-13,17,19,24H,14-15H2,1-10H3/t17-,19+,28+/m1/s1. The lowest BCUT2D eigenvalue weighted by Gasteiger charge is -2.40. The van der Waals surface area contributed by atoms with Gasteiger partial charge in [-0.2, -0.15) is 0 Å². The van der Waals surface area contributed by atoms with Gasteiger partial charge < -0.3 is 9.16 Å². The second-order valence-electron chi connectivity index (χ2n) is 10.1. The van der Waals surface area contributed by atoms with Crippen LogP contribution in [0.15, 0.2) is 18.2 Å². The zero-order valence-electron chi connectivity index (χ0n) is 19.8. The predicted molar refractivity (Wildman–Crippen MR) is 129 cm³/mol. The Morgan fingerprint density at radius 3 is 2.21 bits per heavy atom. The molecule has 29 heavy (non-hydrogen) atoms. The topological polar surface area (TPSA) is 47.6 Å². The van der Waals surface area contributed by atoms with Crippen LogP contribution in [0.5, 0.6) is 5.75 Å². The van der Waals surface area contributed by atoms with E-state index >= 15 is 0 Å². The van der Waals surface area contributed by atoms with Crippen molar-refractivity contribution in [2.24, 2.45) is 0 Å². The third kappa shape index (κ3) is 7.35. The molecule has 1 N–H and O–H groups in total. The van der Waals surface area contributed by atoms with Crippen molar-refractivity contribution in [3.63, 3.8) is 0 Å². The van der Waals surface area contributed by atoms with Gasteiger partial charge in [-0.25, -0.2) is 8.93 Å². The van der Waals surface area contributed by atoms with E-state index in [2.05, 4.69) is 44.7 Å².